The molecule has 2 heteroatoms. The molecule has 1 aliphatic rings. The third-order valence-corrected chi connectivity index (χ3v) is 3.14. The van der Waals surface area contributed by atoms with E-state index in [1.165, 1.54) is 38.6 Å². The Morgan fingerprint density at radius 2 is 2.29 bits per heavy atom. The predicted molar refractivity (Wildman–Crippen MR) is 60.5 cm³/mol. The van der Waals surface area contributed by atoms with Crippen molar-refractivity contribution in [2.24, 2.45) is 5.92 Å². The van der Waals surface area contributed by atoms with Gasteiger partial charge in [-0.3, -0.25) is 0 Å². The number of nitrogens with one attached hydrogen (secondary N) is 1. The number of rotatable bonds is 7. The van der Waals surface area contributed by atoms with Crippen molar-refractivity contribution in [1.82, 2.24) is 5.32 Å². The maximum absolute atomic E-state index is 5.36. The number of hydrogen-bond donors (Lipinski definition) is 1. The molecule has 1 saturated heterocycles. The van der Waals surface area contributed by atoms with Gasteiger partial charge < -0.3 is 10.1 Å². The van der Waals surface area contributed by atoms with Crippen LogP contribution in [0.4, 0.5) is 0 Å². The van der Waals surface area contributed by atoms with Gasteiger partial charge in [0.05, 0.1) is 0 Å². The van der Waals surface area contributed by atoms with Gasteiger partial charge in [0.25, 0.3) is 0 Å². The molecule has 2 unspecified atom stereocenters. The Labute approximate surface area is 88.4 Å². The summed E-state index contributed by atoms with van der Waals surface area (Å²) < 4.78 is 5.36. The van der Waals surface area contributed by atoms with Crippen molar-refractivity contribution in [3.8, 4) is 0 Å². The van der Waals surface area contributed by atoms with Crippen molar-refractivity contribution in [3.05, 3.63) is 0 Å². The van der Waals surface area contributed by atoms with E-state index in [4.69, 9.17) is 4.74 Å². The largest absolute Gasteiger partial charge is 0.381 e. The minimum atomic E-state index is 0.738. The zero-order valence-electron chi connectivity index (χ0n) is 9.72. The van der Waals surface area contributed by atoms with E-state index in [1.54, 1.807) is 0 Å². The van der Waals surface area contributed by atoms with Gasteiger partial charge in [0.2, 0.25) is 0 Å². The van der Waals surface area contributed by atoms with Crippen LogP contribution < -0.4 is 5.32 Å². The van der Waals surface area contributed by atoms with E-state index in [-0.39, 0.29) is 0 Å². The maximum Gasteiger partial charge on any atom is 0.0495 e. The Kier molecular flexibility index (Phi) is 6.20. The van der Waals surface area contributed by atoms with Gasteiger partial charge in [-0.1, -0.05) is 20.3 Å². The zero-order chi connectivity index (χ0) is 10.2. The number of hydrogen-bond acceptors (Lipinski definition) is 2. The third kappa shape index (κ3) is 4.43. The monoisotopic (exact) mass is 199 g/mol. The summed E-state index contributed by atoms with van der Waals surface area (Å²) in [7, 11) is 0. The molecule has 1 rings (SSSR count). The van der Waals surface area contributed by atoms with E-state index in [0.29, 0.717) is 0 Å². The van der Waals surface area contributed by atoms with Gasteiger partial charge in [-0.15, -0.1) is 0 Å². The topological polar surface area (TPSA) is 21.3 Å². The van der Waals surface area contributed by atoms with E-state index >= 15 is 0 Å². The molecule has 2 atom stereocenters. The molecular formula is C12H25NO. The highest BCUT2D eigenvalue weighted by Crippen LogP contribution is 2.15. The van der Waals surface area contributed by atoms with E-state index in [1.807, 2.05) is 0 Å². The smallest absolute Gasteiger partial charge is 0.0495 e. The quantitative estimate of drug-likeness (QED) is 0.680. The van der Waals surface area contributed by atoms with Gasteiger partial charge >= 0.3 is 0 Å². The van der Waals surface area contributed by atoms with Crippen molar-refractivity contribution >= 4 is 0 Å². The molecule has 0 aromatic heterocycles. The van der Waals surface area contributed by atoms with Crippen molar-refractivity contribution in [2.75, 3.05) is 19.8 Å². The van der Waals surface area contributed by atoms with Gasteiger partial charge in [0, 0.05) is 19.3 Å². The first kappa shape index (κ1) is 12.0. The highest BCUT2D eigenvalue weighted by molar-refractivity contribution is 4.68. The zero-order valence-corrected chi connectivity index (χ0v) is 9.72. The van der Waals surface area contributed by atoms with E-state index < -0.39 is 0 Å². The Hall–Kier alpha value is -0.0800. The van der Waals surface area contributed by atoms with Crippen LogP contribution in [0.5, 0.6) is 0 Å². The van der Waals surface area contributed by atoms with Gasteiger partial charge in [-0.2, -0.15) is 0 Å². The fourth-order valence-electron chi connectivity index (χ4n) is 2.10. The summed E-state index contributed by atoms with van der Waals surface area (Å²) in [5.41, 5.74) is 0. The van der Waals surface area contributed by atoms with E-state index in [2.05, 4.69) is 19.2 Å². The van der Waals surface area contributed by atoms with Gasteiger partial charge in [-0.25, -0.2) is 0 Å². The first-order chi connectivity index (χ1) is 6.86. The summed E-state index contributed by atoms with van der Waals surface area (Å²) in [6.07, 6.45) is 6.43. The van der Waals surface area contributed by atoms with Gasteiger partial charge in [-0.05, 0) is 38.1 Å². The van der Waals surface area contributed by atoms with E-state index in [0.717, 1.165) is 25.2 Å². The minimum Gasteiger partial charge on any atom is -0.381 e. The molecule has 0 radical (unpaired) electrons. The fraction of sp³-hybridized carbons (Fsp3) is 1.00. The average Bonchev–Trinajstić information content (AvgIpc) is 2.69. The Bertz CT molecular complexity index is 132. The second kappa shape index (κ2) is 7.24. The molecule has 1 fully saturated rings. The second-order valence-corrected chi connectivity index (χ2v) is 4.37. The van der Waals surface area contributed by atoms with Crippen LogP contribution in [-0.4, -0.2) is 25.8 Å². The van der Waals surface area contributed by atoms with Crippen LogP contribution >= 0.6 is 0 Å². The Morgan fingerprint density at radius 1 is 1.43 bits per heavy atom. The summed E-state index contributed by atoms with van der Waals surface area (Å²) in [6.45, 7) is 7.68. The third-order valence-electron chi connectivity index (χ3n) is 3.14. The Morgan fingerprint density at radius 3 is 2.86 bits per heavy atom. The molecule has 0 spiro atoms. The lowest BCUT2D eigenvalue weighted by atomic mass is 10.0. The van der Waals surface area contributed by atoms with Crippen LogP contribution in [0, 0.1) is 5.92 Å². The molecular weight excluding hydrogens is 174 g/mol. The summed E-state index contributed by atoms with van der Waals surface area (Å²) in [6, 6.07) is 0.738. The lowest BCUT2D eigenvalue weighted by Gasteiger charge is -2.17. The molecule has 0 aromatic carbocycles. The Balaban J connectivity index is 2.00. The second-order valence-electron chi connectivity index (χ2n) is 4.37. The van der Waals surface area contributed by atoms with Crippen molar-refractivity contribution in [3.63, 3.8) is 0 Å². The summed E-state index contributed by atoms with van der Waals surface area (Å²) in [4.78, 5) is 0. The van der Waals surface area contributed by atoms with E-state index in [9.17, 15) is 0 Å². The van der Waals surface area contributed by atoms with Crippen LogP contribution in [0.2, 0.25) is 0 Å². The van der Waals surface area contributed by atoms with Crippen LogP contribution in [0.1, 0.15) is 46.0 Å². The molecule has 0 bridgehead atoms. The summed E-state index contributed by atoms with van der Waals surface area (Å²) in [5, 5.41) is 3.64. The maximum atomic E-state index is 5.36. The molecule has 1 aliphatic heterocycles. The molecule has 0 saturated carbocycles. The average molecular weight is 199 g/mol. The highest BCUT2D eigenvalue weighted by Gasteiger charge is 2.15. The van der Waals surface area contributed by atoms with Gasteiger partial charge in [0.15, 0.2) is 0 Å². The lowest BCUT2D eigenvalue weighted by molar-refractivity contribution is 0.184. The van der Waals surface area contributed by atoms with Crippen molar-refractivity contribution in [1.29, 1.82) is 0 Å². The van der Waals surface area contributed by atoms with Crippen LogP contribution in [0.25, 0.3) is 0 Å². The SMILES string of the molecule is CCCC(CC)NCCC1CCOC1. The molecule has 14 heavy (non-hydrogen) atoms. The molecule has 0 aromatic rings. The van der Waals surface area contributed by atoms with Crippen molar-refractivity contribution < 1.29 is 4.74 Å². The summed E-state index contributed by atoms with van der Waals surface area (Å²) >= 11 is 0. The number of ether oxygens (including phenoxy) is 1. The van der Waals surface area contributed by atoms with Crippen molar-refractivity contribution in [2.45, 2.75) is 52.0 Å². The molecule has 0 aliphatic carbocycles. The first-order valence-corrected chi connectivity index (χ1v) is 6.18. The standard InChI is InChI=1S/C12H25NO/c1-3-5-12(4-2)13-8-6-11-7-9-14-10-11/h11-13H,3-10H2,1-2H3. The predicted octanol–water partition coefficient (Wildman–Crippen LogP) is 2.58. The van der Waals surface area contributed by atoms with Crippen LogP contribution in [0.15, 0.2) is 0 Å². The normalized spacial score (nSPS) is 24.0. The minimum absolute atomic E-state index is 0.738. The molecule has 2 nitrogen and oxygen atoms in total. The molecule has 84 valence electrons. The van der Waals surface area contributed by atoms with Crippen LogP contribution in [0.3, 0.4) is 0 Å². The van der Waals surface area contributed by atoms with Gasteiger partial charge in [0.1, 0.15) is 0 Å². The van der Waals surface area contributed by atoms with Crippen LogP contribution in [-0.2, 0) is 4.74 Å². The summed E-state index contributed by atoms with van der Waals surface area (Å²) in [5.74, 6) is 0.821. The first-order valence-electron chi connectivity index (χ1n) is 6.18. The molecule has 0 amide bonds. The molecule has 1 N–H and O–H groups in total. The lowest BCUT2D eigenvalue weighted by Crippen LogP contribution is -2.30. The fourth-order valence-corrected chi connectivity index (χ4v) is 2.10. The molecule has 1 heterocycles. The highest BCUT2D eigenvalue weighted by atomic mass is 16.5.